The summed E-state index contributed by atoms with van der Waals surface area (Å²) in [6, 6.07) is 70.9. The van der Waals surface area contributed by atoms with E-state index in [-0.39, 0.29) is 0 Å². The van der Waals surface area contributed by atoms with Gasteiger partial charge >= 0.3 is 0 Å². The first-order chi connectivity index (χ1) is 27.3. The van der Waals surface area contributed by atoms with E-state index in [0.29, 0.717) is 0 Å². The van der Waals surface area contributed by atoms with Crippen molar-refractivity contribution in [3.05, 3.63) is 200 Å². The summed E-state index contributed by atoms with van der Waals surface area (Å²) in [4.78, 5) is 2.34. The van der Waals surface area contributed by atoms with Crippen molar-refractivity contribution in [3.63, 3.8) is 0 Å². The van der Waals surface area contributed by atoms with E-state index in [1.165, 1.54) is 27.5 Å². The highest BCUT2D eigenvalue weighted by molar-refractivity contribution is 6.17. The highest BCUT2D eigenvalue weighted by Crippen LogP contribution is 2.47. The third-order valence-corrected chi connectivity index (χ3v) is 10.9. The average molecular weight is 704 g/mol. The van der Waals surface area contributed by atoms with Crippen molar-refractivity contribution in [1.82, 2.24) is 0 Å². The Kier molecular flexibility index (Phi) is 7.17. The molecule has 11 aromatic rings. The zero-order valence-corrected chi connectivity index (χ0v) is 29.8. The second-order valence-electron chi connectivity index (χ2n) is 14.1. The highest BCUT2D eigenvalue weighted by Gasteiger charge is 2.23. The van der Waals surface area contributed by atoms with Crippen LogP contribution in [0.25, 0.3) is 88.0 Å². The fourth-order valence-electron chi connectivity index (χ4n) is 8.25. The quantitative estimate of drug-likeness (QED) is 0.173. The van der Waals surface area contributed by atoms with Gasteiger partial charge in [0.1, 0.15) is 22.3 Å². The third kappa shape index (κ3) is 5.20. The number of furan rings is 2. The van der Waals surface area contributed by atoms with Gasteiger partial charge in [0.05, 0.1) is 11.1 Å². The first kappa shape index (κ1) is 31.2. The highest BCUT2D eigenvalue weighted by atomic mass is 16.3. The van der Waals surface area contributed by atoms with Crippen LogP contribution >= 0.6 is 0 Å². The Morgan fingerprint density at radius 1 is 0.327 bits per heavy atom. The van der Waals surface area contributed by atoms with Crippen molar-refractivity contribution in [1.29, 1.82) is 0 Å². The van der Waals surface area contributed by atoms with Crippen LogP contribution in [0.4, 0.5) is 17.1 Å². The Morgan fingerprint density at radius 3 is 1.75 bits per heavy atom. The van der Waals surface area contributed by atoms with Gasteiger partial charge in [0.25, 0.3) is 0 Å². The fourth-order valence-corrected chi connectivity index (χ4v) is 8.25. The molecule has 258 valence electrons. The zero-order valence-electron chi connectivity index (χ0n) is 29.8. The van der Waals surface area contributed by atoms with Gasteiger partial charge in [0.2, 0.25) is 0 Å². The van der Waals surface area contributed by atoms with Crippen LogP contribution in [0.5, 0.6) is 0 Å². The van der Waals surface area contributed by atoms with Crippen LogP contribution in [0.3, 0.4) is 0 Å². The van der Waals surface area contributed by atoms with Gasteiger partial charge in [-0.05, 0) is 93.2 Å². The lowest BCUT2D eigenvalue weighted by molar-refractivity contribution is 0.669. The smallest absolute Gasteiger partial charge is 0.145 e. The Labute approximate surface area is 317 Å². The molecule has 3 nitrogen and oxygen atoms in total. The second-order valence-corrected chi connectivity index (χ2v) is 14.1. The SMILES string of the molecule is c1ccc(-c2cccc3ccc(-c4ccc(N(c5ccc6c(c5)oc5ccccc56)c5ccc(-c6ccccc6)c6oc7ccccc7c56)cc4)cc23)cc1. The van der Waals surface area contributed by atoms with Crippen molar-refractivity contribution in [2.45, 2.75) is 0 Å². The minimum absolute atomic E-state index is 0.847. The summed E-state index contributed by atoms with van der Waals surface area (Å²) in [6.45, 7) is 0. The Morgan fingerprint density at radius 2 is 0.964 bits per heavy atom. The predicted molar refractivity (Wildman–Crippen MR) is 229 cm³/mol. The van der Waals surface area contributed by atoms with Gasteiger partial charge in [0, 0.05) is 39.2 Å². The van der Waals surface area contributed by atoms with Crippen LogP contribution in [0.15, 0.2) is 209 Å². The van der Waals surface area contributed by atoms with E-state index in [4.69, 9.17) is 8.83 Å². The normalized spacial score (nSPS) is 11.6. The second kappa shape index (κ2) is 12.6. The number of anilines is 3. The number of fused-ring (bicyclic) bond motifs is 7. The van der Waals surface area contributed by atoms with Crippen molar-refractivity contribution < 1.29 is 8.83 Å². The van der Waals surface area contributed by atoms with Crippen LogP contribution in [0.1, 0.15) is 0 Å². The van der Waals surface area contributed by atoms with E-state index in [0.717, 1.165) is 77.6 Å². The molecule has 55 heavy (non-hydrogen) atoms. The predicted octanol–water partition coefficient (Wildman–Crippen LogP) is 15.1. The number of nitrogens with zero attached hydrogens (tertiary/aromatic N) is 1. The van der Waals surface area contributed by atoms with Crippen molar-refractivity contribution >= 4 is 71.7 Å². The van der Waals surface area contributed by atoms with Crippen molar-refractivity contribution in [2.75, 3.05) is 4.90 Å². The lowest BCUT2D eigenvalue weighted by Gasteiger charge is -2.27. The van der Waals surface area contributed by atoms with Gasteiger partial charge in [0.15, 0.2) is 0 Å². The molecule has 0 unspecified atom stereocenters. The maximum atomic E-state index is 6.72. The monoisotopic (exact) mass is 703 g/mol. The van der Waals surface area contributed by atoms with E-state index < -0.39 is 0 Å². The van der Waals surface area contributed by atoms with Crippen LogP contribution < -0.4 is 4.90 Å². The average Bonchev–Trinajstić information content (AvgIpc) is 3.83. The summed E-state index contributed by atoms with van der Waals surface area (Å²) in [5, 5.41) is 6.81. The lowest BCUT2D eigenvalue weighted by atomic mass is 9.94. The standard InChI is InChI=1S/C52H33NO2/c1-3-12-35(13-4-1)41-19-11-16-37-22-23-38(32-46(37)41)34-24-26-39(27-25-34)53(40-28-29-44-43-17-7-9-20-48(43)54-50(44)33-40)47-31-30-42(36-14-5-2-6-15-36)52-51(47)45-18-8-10-21-49(45)55-52/h1-33H. The van der Waals surface area contributed by atoms with Crippen LogP contribution in [0.2, 0.25) is 0 Å². The molecule has 0 spiro atoms. The fraction of sp³-hybridized carbons (Fsp3) is 0. The van der Waals surface area contributed by atoms with Gasteiger partial charge in [-0.25, -0.2) is 0 Å². The molecule has 0 amide bonds. The first-order valence-corrected chi connectivity index (χ1v) is 18.7. The molecule has 0 saturated heterocycles. The number of para-hydroxylation sites is 2. The van der Waals surface area contributed by atoms with E-state index >= 15 is 0 Å². The summed E-state index contributed by atoms with van der Waals surface area (Å²) in [5.41, 5.74) is 13.5. The summed E-state index contributed by atoms with van der Waals surface area (Å²) in [7, 11) is 0. The number of benzene rings is 9. The summed E-state index contributed by atoms with van der Waals surface area (Å²) in [5.74, 6) is 0. The van der Waals surface area contributed by atoms with E-state index in [1.807, 2.05) is 24.3 Å². The topological polar surface area (TPSA) is 29.5 Å². The van der Waals surface area contributed by atoms with Gasteiger partial charge in [-0.1, -0.05) is 140 Å². The van der Waals surface area contributed by atoms with Crippen LogP contribution in [-0.2, 0) is 0 Å². The van der Waals surface area contributed by atoms with Gasteiger partial charge < -0.3 is 13.7 Å². The molecule has 0 saturated carbocycles. The molecule has 2 aromatic heterocycles. The van der Waals surface area contributed by atoms with Crippen molar-refractivity contribution in [3.8, 4) is 33.4 Å². The van der Waals surface area contributed by atoms with E-state index in [9.17, 15) is 0 Å². The molecule has 0 fully saturated rings. The maximum absolute atomic E-state index is 6.72. The van der Waals surface area contributed by atoms with Gasteiger partial charge in [-0.3, -0.25) is 0 Å². The Bertz CT molecular complexity index is 3190. The molecule has 0 radical (unpaired) electrons. The largest absolute Gasteiger partial charge is 0.456 e. The molecule has 0 aliphatic rings. The molecule has 0 bridgehead atoms. The Balaban J connectivity index is 1.10. The lowest BCUT2D eigenvalue weighted by Crippen LogP contribution is -2.10. The third-order valence-electron chi connectivity index (χ3n) is 10.9. The molecular formula is C52H33NO2. The molecule has 0 aliphatic carbocycles. The zero-order chi connectivity index (χ0) is 36.3. The minimum atomic E-state index is 0.847. The molecule has 11 rings (SSSR count). The first-order valence-electron chi connectivity index (χ1n) is 18.7. The molecule has 2 heterocycles. The molecule has 0 atom stereocenters. The summed E-state index contributed by atoms with van der Waals surface area (Å²) >= 11 is 0. The van der Waals surface area contributed by atoms with Crippen molar-refractivity contribution in [2.24, 2.45) is 0 Å². The molecule has 3 heteroatoms. The molecule has 0 N–H and O–H groups in total. The van der Waals surface area contributed by atoms with E-state index in [2.05, 4.69) is 181 Å². The number of hydrogen-bond donors (Lipinski definition) is 0. The molecule has 9 aromatic carbocycles. The number of hydrogen-bond acceptors (Lipinski definition) is 3. The Hall–Kier alpha value is -7.36. The maximum Gasteiger partial charge on any atom is 0.145 e. The number of rotatable bonds is 6. The van der Waals surface area contributed by atoms with Crippen LogP contribution in [-0.4, -0.2) is 0 Å². The van der Waals surface area contributed by atoms with Gasteiger partial charge in [-0.15, -0.1) is 0 Å². The van der Waals surface area contributed by atoms with Crippen LogP contribution in [0, 0.1) is 0 Å². The summed E-state index contributed by atoms with van der Waals surface area (Å²) < 4.78 is 13.2. The molecule has 0 aliphatic heterocycles. The van der Waals surface area contributed by atoms with Gasteiger partial charge in [-0.2, -0.15) is 0 Å². The summed E-state index contributed by atoms with van der Waals surface area (Å²) in [6.07, 6.45) is 0. The minimum Gasteiger partial charge on any atom is -0.456 e. The molecular weight excluding hydrogens is 671 g/mol. The van der Waals surface area contributed by atoms with E-state index in [1.54, 1.807) is 0 Å².